The zero-order valence-corrected chi connectivity index (χ0v) is 14.2. The van der Waals surface area contributed by atoms with Gasteiger partial charge in [-0.3, -0.25) is 9.69 Å². The van der Waals surface area contributed by atoms with Crippen molar-refractivity contribution >= 4 is 11.6 Å². The van der Waals surface area contributed by atoms with Crippen molar-refractivity contribution in [1.82, 2.24) is 9.80 Å². The van der Waals surface area contributed by atoms with E-state index in [9.17, 15) is 4.79 Å². The highest BCUT2D eigenvalue weighted by atomic mass is 16.2. The van der Waals surface area contributed by atoms with Crippen molar-refractivity contribution in [3.63, 3.8) is 0 Å². The SMILES string of the molecule is CC(C(=O)N1CCN(Cc2ccccc2)CC1)c1cccc(N)c1. The first kappa shape index (κ1) is 16.5. The van der Waals surface area contributed by atoms with Crippen molar-refractivity contribution in [3.8, 4) is 0 Å². The number of carbonyl (C=O) groups excluding carboxylic acids is 1. The van der Waals surface area contributed by atoms with Crippen LogP contribution in [-0.4, -0.2) is 41.9 Å². The van der Waals surface area contributed by atoms with Crippen LogP contribution >= 0.6 is 0 Å². The van der Waals surface area contributed by atoms with Crippen LogP contribution in [0.2, 0.25) is 0 Å². The zero-order chi connectivity index (χ0) is 16.9. The van der Waals surface area contributed by atoms with Crippen molar-refractivity contribution in [2.24, 2.45) is 0 Å². The molecule has 1 amide bonds. The lowest BCUT2D eigenvalue weighted by Crippen LogP contribution is -2.49. The monoisotopic (exact) mass is 323 g/mol. The highest BCUT2D eigenvalue weighted by Crippen LogP contribution is 2.21. The van der Waals surface area contributed by atoms with Crippen LogP contribution in [0.15, 0.2) is 54.6 Å². The second kappa shape index (κ2) is 7.49. The Kier molecular flexibility index (Phi) is 5.16. The van der Waals surface area contributed by atoms with Gasteiger partial charge in [0.1, 0.15) is 0 Å². The lowest BCUT2D eigenvalue weighted by atomic mass is 9.99. The van der Waals surface area contributed by atoms with E-state index < -0.39 is 0 Å². The second-order valence-corrected chi connectivity index (χ2v) is 6.48. The Morgan fingerprint density at radius 3 is 2.42 bits per heavy atom. The van der Waals surface area contributed by atoms with E-state index in [1.54, 1.807) is 0 Å². The molecule has 1 atom stereocenters. The van der Waals surface area contributed by atoms with Gasteiger partial charge >= 0.3 is 0 Å². The number of nitrogens with two attached hydrogens (primary N) is 1. The Balaban J connectivity index is 1.55. The first-order valence-electron chi connectivity index (χ1n) is 8.54. The topological polar surface area (TPSA) is 49.6 Å². The molecule has 126 valence electrons. The second-order valence-electron chi connectivity index (χ2n) is 6.48. The van der Waals surface area contributed by atoms with Gasteiger partial charge in [-0.1, -0.05) is 42.5 Å². The Bertz CT molecular complexity index is 678. The molecule has 0 aromatic heterocycles. The number of nitrogen functional groups attached to an aromatic ring is 1. The molecule has 24 heavy (non-hydrogen) atoms. The normalized spacial score (nSPS) is 16.8. The average molecular weight is 323 g/mol. The minimum Gasteiger partial charge on any atom is -0.399 e. The van der Waals surface area contributed by atoms with Crippen molar-refractivity contribution in [2.75, 3.05) is 31.9 Å². The van der Waals surface area contributed by atoms with Gasteiger partial charge in [0.15, 0.2) is 0 Å². The van der Waals surface area contributed by atoms with E-state index in [0.717, 1.165) is 38.3 Å². The molecule has 2 N–H and O–H groups in total. The summed E-state index contributed by atoms with van der Waals surface area (Å²) in [6, 6.07) is 18.1. The van der Waals surface area contributed by atoms with Crippen LogP contribution in [-0.2, 0) is 11.3 Å². The molecule has 4 heteroatoms. The standard InChI is InChI=1S/C20H25N3O/c1-16(18-8-5-9-19(21)14-18)20(24)23-12-10-22(11-13-23)15-17-6-3-2-4-7-17/h2-9,14,16H,10-13,15,21H2,1H3. The zero-order valence-electron chi connectivity index (χ0n) is 14.2. The van der Waals surface area contributed by atoms with E-state index in [4.69, 9.17) is 5.73 Å². The van der Waals surface area contributed by atoms with Gasteiger partial charge in [0, 0.05) is 38.4 Å². The number of anilines is 1. The fraction of sp³-hybridized carbons (Fsp3) is 0.350. The van der Waals surface area contributed by atoms with Gasteiger partial charge in [-0.25, -0.2) is 0 Å². The number of piperazine rings is 1. The van der Waals surface area contributed by atoms with Crippen LogP contribution in [0.5, 0.6) is 0 Å². The molecule has 1 fully saturated rings. The van der Waals surface area contributed by atoms with Crippen molar-refractivity contribution in [1.29, 1.82) is 0 Å². The molecule has 1 heterocycles. The molecule has 1 saturated heterocycles. The average Bonchev–Trinajstić information content (AvgIpc) is 2.62. The molecule has 0 radical (unpaired) electrons. The van der Waals surface area contributed by atoms with Crippen molar-refractivity contribution in [2.45, 2.75) is 19.4 Å². The molecule has 2 aromatic carbocycles. The van der Waals surface area contributed by atoms with Gasteiger partial charge in [0.25, 0.3) is 0 Å². The van der Waals surface area contributed by atoms with E-state index in [1.807, 2.05) is 42.2 Å². The molecule has 1 unspecified atom stereocenters. The maximum Gasteiger partial charge on any atom is 0.229 e. The predicted octanol–water partition coefficient (Wildman–Crippen LogP) is 2.72. The molecule has 3 rings (SSSR count). The smallest absolute Gasteiger partial charge is 0.229 e. The lowest BCUT2D eigenvalue weighted by Gasteiger charge is -2.36. The minimum absolute atomic E-state index is 0.144. The number of nitrogens with zero attached hydrogens (tertiary/aromatic N) is 2. The third kappa shape index (κ3) is 3.95. The first-order chi connectivity index (χ1) is 11.6. The molecule has 1 aliphatic heterocycles. The largest absolute Gasteiger partial charge is 0.399 e. The minimum atomic E-state index is -0.144. The van der Waals surface area contributed by atoms with E-state index >= 15 is 0 Å². The molecule has 4 nitrogen and oxygen atoms in total. The maximum atomic E-state index is 12.7. The number of hydrogen-bond acceptors (Lipinski definition) is 3. The molecule has 0 saturated carbocycles. The van der Waals surface area contributed by atoms with Crippen LogP contribution in [0.25, 0.3) is 0 Å². The van der Waals surface area contributed by atoms with Crippen LogP contribution in [0.1, 0.15) is 24.0 Å². The summed E-state index contributed by atoms with van der Waals surface area (Å²) >= 11 is 0. The van der Waals surface area contributed by atoms with Crippen LogP contribution in [0.3, 0.4) is 0 Å². The lowest BCUT2D eigenvalue weighted by molar-refractivity contribution is -0.134. The molecular formula is C20H25N3O. The quantitative estimate of drug-likeness (QED) is 0.880. The molecule has 0 aliphatic carbocycles. The predicted molar refractivity (Wildman–Crippen MR) is 97.6 cm³/mol. The Labute approximate surface area is 143 Å². The Morgan fingerprint density at radius 1 is 1.04 bits per heavy atom. The Morgan fingerprint density at radius 2 is 1.75 bits per heavy atom. The van der Waals surface area contributed by atoms with Gasteiger partial charge in [0.2, 0.25) is 5.91 Å². The van der Waals surface area contributed by atoms with Gasteiger partial charge in [0.05, 0.1) is 5.92 Å². The fourth-order valence-corrected chi connectivity index (χ4v) is 3.21. The Hall–Kier alpha value is -2.33. The molecular weight excluding hydrogens is 298 g/mol. The van der Waals surface area contributed by atoms with Gasteiger partial charge in [-0.2, -0.15) is 0 Å². The van der Waals surface area contributed by atoms with Crippen LogP contribution in [0, 0.1) is 0 Å². The third-order valence-corrected chi connectivity index (χ3v) is 4.71. The number of rotatable bonds is 4. The van der Waals surface area contributed by atoms with E-state index in [2.05, 4.69) is 29.2 Å². The number of hydrogen-bond donors (Lipinski definition) is 1. The maximum absolute atomic E-state index is 12.7. The van der Waals surface area contributed by atoms with Gasteiger partial charge < -0.3 is 10.6 Å². The van der Waals surface area contributed by atoms with Gasteiger partial charge in [-0.15, -0.1) is 0 Å². The molecule has 0 spiro atoms. The first-order valence-corrected chi connectivity index (χ1v) is 8.54. The highest BCUT2D eigenvalue weighted by molar-refractivity contribution is 5.83. The summed E-state index contributed by atoms with van der Waals surface area (Å²) in [5.41, 5.74) is 8.86. The van der Waals surface area contributed by atoms with Crippen LogP contribution < -0.4 is 5.73 Å². The molecule has 0 bridgehead atoms. The number of benzene rings is 2. The molecule has 2 aromatic rings. The summed E-state index contributed by atoms with van der Waals surface area (Å²) in [5, 5.41) is 0. The van der Waals surface area contributed by atoms with E-state index in [1.165, 1.54) is 5.56 Å². The summed E-state index contributed by atoms with van der Waals surface area (Å²) in [5.74, 6) is 0.0501. The van der Waals surface area contributed by atoms with Crippen molar-refractivity contribution in [3.05, 3.63) is 65.7 Å². The van der Waals surface area contributed by atoms with Crippen LogP contribution in [0.4, 0.5) is 5.69 Å². The summed E-state index contributed by atoms with van der Waals surface area (Å²) < 4.78 is 0. The molecule has 1 aliphatic rings. The summed E-state index contributed by atoms with van der Waals surface area (Å²) in [4.78, 5) is 17.1. The van der Waals surface area contributed by atoms with E-state index in [0.29, 0.717) is 5.69 Å². The number of carbonyl (C=O) groups is 1. The summed E-state index contributed by atoms with van der Waals surface area (Å²) in [6.07, 6.45) is 0. The van der Waals surface area contributed by atoms with Gasteiger partial charge in [-0.05, 0) is 30.2 Å². The van der Waals surface area contributed by atoms with Crippen molar-refractivity contribution < 1.29 is 4.79 Å². The third-order valence-electron chi connectivity index (χ3n) is 4.71. The summed E-state index contributed by atoms with van der Waals surface area (Å²) in [6.45, 7) is 6.34. The fourth-order valence-electron chi connectivity index (χ4n) is 3.21. The van der Waals surface area contributed by atoms with E-state index in [-0.39, 0.29) is 11.8 Å². The highest BCUT2D eigenvalue weighted by Gasteiger charge is 2.25. The number of amides is 1. The summed E-state index contributed by atoms with van der Waals surface area (Å²) in [7, 11) is 0.